The van der Waals surface area contributed by atoms with Crippen LogP contribution in [0.25, 0.3) is 0 Å². The third kappa shape index (κ3) is 2.22. The average Bonchev–Trinajstić information content (AvgIpc) is 3.19. The number of anilines is 2. The molecule has 0 saturated carbocycles. The van der Waals surface area contributed by atoms with Gasteiger partial charge in [0.1, 0.15) is 0 Å². The Morgan fingerprint density at radius 1 is 1.35 bits per heavy atom. The molecule has 1 aromatic heterocycles. The Morgan fingerprint density at radius 2 is 2.17 bits per heavy atom. The van der Waals surface area contributed by atoms with Gasteiger partial charge in [0.2, 0.25) is 5.91 Å². The third-order valence-corrected chi connectivity index (χ3v) is 5.28. The summed E-state index contributed by atoms with van der Waals surface area (Å²) in [6.45, 7) is 6.01. The highest BCUT2D eigenvalue weighted by Gasteiger charge is 2.48. The molecule has 0 bridgehead atoms. The first-order valence-corrected chi connectivity index (χ1v) is 8.21. The second-order valence-electron chi connectivity index (χ2n) is 6.63. The van der Waals surface area contributed by atoms with E-state index in [1.165, 1.54) is 5.56 Å². The third-order valence-electron chi connectivity index (χ3n) is 5.05. The Hall–Kier alpha value is -2.01. The molecule has 1 saturated heterocycles. The number of likely N-dealkylation sites (tertiary alicyclic amines) is 1. The van der Waals surface area contributed by atoms with E-state index in [1.54, 1.807) is 6.92 Å². The summed E-state index contributed by atoms with van der Waals surface area (Å²) in [5, 5.41) is 8.17. The molecule has 1 atom stereocenters. The van der Waals surface area contributed by atoms with Crippen LogP contribution in [-0.2, 0) is 10.2 Å². The molecule has 23 heavy (non-hydrogen) atoms. The minimum absolute atomic E-state index is 0.0568. The van der Waals surface area contributed by atoms with E-state index < -0.39 is 0 Å². The number of amides is 1. The largest absolute Gasteiger partial charge is 0.342 e. The van der Waals surface area contributed by atoms with Crippen LogP contribution in [0, 0.1) is 6.92 Å². The number of nitrogens with zero attached hydrogens (tertiary/aromatic N) is 3. The fourth-order valence-electron chi connectivity index (χ4n) is 3.88. The smallest absolute Gasteiger partial charge is 0.219 e. The van der Waals surface area contributed by atoms with E-state index in [4.69, 9.17) is 11.6 Å². The number of hydrogen-bond acceptors (Lipinski definition) is 3. The molecule has 120 valence electrons. The van der Waals surface area contributed by atoms with Crippen LogP contribution in [0.5, 0.6) is 0 Å². The van der Waals surface area contributed by atoms with Crippen LogP contribution in [0.15, 0.2) is 24.3 Å². The maximum atomic E-state index is 11.8. The minimum atomic E-state index is -0.0568. The Bertz CT molecular complexity index is 787. The predicted molar refractivity (Wildman–Crippen MR) is 90.3 cm³/mol. The van der Waals surface area contributed by atoms with E-state index in [0.29, 0.717) is 0 Å². The van der Waals surface area contributed by atoms with E-state index in [9.17, 15) is 4.79 Å². The molecular formula is C17H19ClN4O. The highest BCUT2D eigenvalue weighted by molar-refractivity contribution is 6.30. The van der Waals surface area contributed by atoms with Crippen molar-refractivity contribution in [2.24, 2.45) is 0 Å². The van der Waals surface area contributed by atoms with Crippen molar-refractivity contribution in [3.8, 4) is 0 Å². The number of aromatic nitrogens is 2. The molecule has 1 N–H and O–H groups in total. The van der Waals surface area contributed by atoms with Gasteiger partial charge < -0.3 is 9.80 Å². The van der Waals surface area contributed by atoms with Gasteiger partial charge in [0.25, 0.3) is 0 Å². The second kappa shape index (κ2) is 4.99. The van der Waals surface area contributed by atoms with Crippen molar-refractivity contribution in [3.63, 3.8) is 0 Å². The van der Waals surface area contributed by atoms with E-state index in [0.717, 1.165) is 48.3 Å². The lowest BCUT2D eigenvalue weighted by atomic mass is 9.81. The summed E-state index contributed by atoms with van der Waals surface area (Å²) >= 11 is 6.26. The molecule has 0 aliphatic carbocycles. The van der Waals surface area contributed by atoms with E-state index in [2.05, 4.69) is 33.3 Å². The summed E-state index contributed by atoms with van der Waals surface area (Å²) < 4.78 is 0. The number of fused-ring (bicyclic) bond motifs is 2. The van der Waals surface area contributed by atoms with E-state index >= 15 is 0 Å². The number of benzene rings is 1. The van der Waals surface area contributed by atoms with Gasteiger partial charge in [-0.15, -0.1) is 0 Å². The number of H-pyrrole nitrogens is 1. The van der Waals surface area contributed by atoms with Crippen LogP contribution in [0.4, 0.5) is 11.5 Å². The number of rotatable bonds is 1. The molecule has 6 heteroatoms. The van der Waals surface area contributed by atoms with Crippen molar-refractivity contribution in [1.29, 1.82) is 0 Å². The lowest BCUT2D eigenvalue weighted by molar-refractivity contribution is -0.127. The molecule has 2 aliphatic rings. The van der Waals surface area contributed by atoms with Gasteiger partial charge in [-0.2, -0.15) is 5.10 Å². The van der Waals surface area contributed by atoms with Gasteiger partial charge in [0.15, 0.2) is 5.82 Å². The van der Waals surface area contributed by atoms with E-state index in [-0.39, 0.29) is 11.3 Å². The summed E-state index contributed by atoms with van der Waals surface area (Å²) in [5.74, 6) is 1.06. The van der Waals surface area contributed by atoms with Gasteiger partial charge in [-0.1, -0.05) is 11.6 Å². The summed E-state index contributed by atoms with van der Waals surface area (Å²) in [6.07, 6.45) is 0.958. The minimum Gasteiger partial charge on any atom is -0.342 e. The monoisotopic (exact) mass is 330 g/mol. The zero-order chi connectivity index (χ0) is 16.2. The van der Waals surface area contributed by atoms with Gasteiger partial charge in [-0.25, -0.2) is 0 Å². The number of halogens is 1. The van der Waals surface area contributed by atoms with Gasteiger partial charge >= 0.3 is 0 Å². The molecule has 2 aromatic rings. The van der Waals surface area contributed by atoms with Gasteiger partial charge in [-0.3, -0.25) is 9.89 Å². The summed E-state index contributed by atoms with van der Waals surface area (Å²) in [5.41, 5.74) is 3.35. The topological polar surface area (TPSA) is 52.2 Å². The highest BCUT2D eigenvalue weighted by Crippen LogP contribution is 2.49. The zero-order valence-electron chi connectivity index (χ0n) is 13.3. The van der Waals surface area contributed by atoms with Crippen LogP contribution >= 0.6 is 11.6 Å². The standard InChI is InChI=1S/C17H19ClN4O/c1-11-7-16(20-19-11)22-10-17(5-6-21(9-17)12(2)23)14-8-13(18)3-4-15(14)22/h3-4,7-8H,5-6,9-10H2,1-2H3,(H,19,20). The lowest BCUT2D eigenvalue weighted by Gasteiger charge is -2.25. The molecule has 1 unspecified atom stereocenters. The van der Waals surface area contributed by atoms with Crippen molar-refractivity contribution < 1.29 is 4.79 Å². The van der Waals surface area contributed by atoms with Crippen LogP contribution in [-0.4, -0.2) is 40.6 Å². The molecule has 1 fully saturated rings. The molecular weight excluding hydrogens is 312 g/mol. The van der Waals surface area contributed by atoms with Crippen molar-refractivity contribution in [1.82, 2.24) is 15.1 Å². The summed E-state index contributed by atoms with van der Waals surface area (Å²) in [6, 6.07) is 8.09. The van der Waals surface area contributed by atoms with Crippen LogP contribution in [0.3, 0.4) is 0 Å². The lowest BCUT2D eigenvalue weighted by Crippen LogP contribution is -2.36. The normalized spacial score (nSPS) is 22.9. The highest BCUT2D eigenvalue weighted by atomic mass is 35.5. The number of aryl methyl sites for hydroxylation is 1. The zero-order valence-corrected chi connectivity index (χ0v) is 14.0. The molecule has 5 nitrogen and oxygen atoms in total. The Kier molecular flexibility index (Phi) is 3.17. The van der Waals surface area contributed by atoms with Crippen LogP contribution in [0.2, 0.25) is 5.02 Å². The summed E-state index contributed by atoms with van der Waals surface area (Å²) in [4.78, 5) is 16.0. The fraction of sp³-hybridized carbons (Fsp3) is 0.412. The molecule has 1 amide bonds. The summed E-state index contributed by atoms with van der Waals surface area (Å²) in [7, 11) is 0. The van der Waals surface area contributed by atoms with Crippen LogP contribution in [0.1, 0.15) is 24.6 Å². The Morgan fingerprint density at radius 3 is 2.83 bits per heavy atom. The Labute approximate surface area is 140 Å². The number of hydrogen-bond donors (Lipinski definition) is 1. The molecule has 1 spiro atoms. The van der Waals surface area contributed by atoms with Crippen molar-refractivity contribution >= 4 is 29.0 Å². The number of nitrogens with one attached hydrogen (secondary N) is 1. The van der Waals surface area contributed by atoms with Gasteiger partial charge in [-0.05, 0) is 37.1 Å². The molecule has 2 aliphatic heterocycles. The first-order valence-electron chi connectivity index (χ1n) is 7.84. The van der Waals surface area contributed by atoms with Crippen molar-refractivity contribution in [3.05, 3.63) is 40.5 Å². The average molecular weight is 331 g/mol. The van der Waals surface area contributed by atoms with E-state index in [1.807, 2.05) is 17.9 Å². The maximum Gasteiger partial charge on any atom is 0.219 e. The van der Waals surface area contributed by atoms with Gasteiger partial charge in [0.05, 0.1) is 0 Å². The SMILES string of the molecule is CC(=O)N1CCC2(C1)CN(c1cc(C)[nH]n1)c1ccc(Cl)cc12. The Balaban J connectivity index is 1.79. The number of carbonyl (C=O) groups is 1. The quantitative estimate of drug-likeness (QED) is 0.874. The van der Waals surface area contributed by atoms with Crippen molar-refractivity contribution in [2.75, 3.05) is 24.5 Å². The first-order chi connectivity index (χ1) is 11.0. The van der Waals surface area contributed by atoms with Gasteiger partial charge in [0, 0.05) is 54.4 Å². The molecule has 4 rings (SSSR count). The molecule has 0 radical (unpaired) electrons. The van der Waals surface area contributed by atoms with Crippen molar-refractivity contribution in [2.45, 2.75) is 25.7 Å². The molecule has 1 aromatic carbocycles. The number of aromatic amines is 1. The molecule has 3 heterocycles. The first kappa shape index (κ1) is 14.6. The fourth-order valence-corrected chi connectivity index (χ4v) is 4.05. The predicted octanol–water partition coefficient (Wildman–Crippen LogP) is 3.01. The second-order valence-corrected chi connectivity index (χ2v) is 7.06. The van der Waals surface area contributed by atoms with Crippen LogP contribution < -0.4 is 4.90 Å². The number of carbonyl (C=O) groups excluding carboxylic acids is 1. The maximum absolute atomic E-state index is 11.8.